The van der Waals surface area contributed by atoms with Gasteiger partial charge in [0.05, 0.1) is 0 Å². The fourth-order valence-corrected chi connectivity index (χ4v) is 2.80. The van der Waals surface area contributed by atoms with Gasteiger partial charge >= 0.3 is 0 Å². The van der Waals surface area contributed by atoms with Crippen LogP contribution in [0, 0.1) is 0 Å². The third-order valence-corrected chi connectivity index (χ3v) is 4.05. The van der Waals surface area contributed by atoms with Gasteiger partial charge in [0, 0.05) is 43.0 Å². The molecule has 0 radical (unpaired) electrons. The second-order valence-electron chi connectivity index (χ2n) is 5.52. The highest BCUT2D eigenvalue weighted by Gasteiger charge is 2.17. The van der Waals surface area contributed by atoms with Gasteiger partial charge in [0.2, 0.25) is 5.95 Å². The van der Waals surface area contributed by atoms with E-state index in [2.05, 4.69) is 20.9 Å². The first-order valence-corrected chi connectivity index (χ1v) is 7.64. The van der Waals surface area contributed by atoms with Crippen LogP contribution in [0.2, 0.25) is 5.02 Å². The number of piperidine rings is 1. The van der Waals surface area contributed by atoms with E-state index in [1.54, 1.807) is 0 Å². The van der Waals surface area contributed by atoms with E-state index in [1.807, 2.05) is 30.6 Å². The summed E-state index contributed by atoms with van der Waals surface area (Å²) in [5.74, 6) is 0.803. The summed E-state index contributed by atoms with van der Waals surface area (Å²) < 4.78 is 0. The summed E-state index contributed by atoms with van der Waals surface area (Å²) >= 11 is 6.00. The van der Waals surface area contributed by atoms with Gasteiger partial charge in [0.25, 0.3) is 0 Å². The van der Waals surface area contributed by atoms with Crippen molar-refractivity contribution < 1.29 is 0 Å². The molecular formula is C16H19ClN4. The summed E-state index contributed by atoms with van der Waals surface area (Å²) in [6.45, 7) is 1.88. The minimum atomic E-state index is 0.323. The van der Waals surface area contributed by atoms with E-state index >= 15 is 0 Å². The van der Waals surface area contributed by atoms with Crippen LogP contribution in [0.25, 0.3) is 0 Å². The summed E-state index contributed by atoms with van der Waals surface area (Å²) in [5.41, 5.74) is 8.18. The van der Waals surface area contributed by atoms with Crippen molar-refractivity contribution in [3.63, 3.8) is 0 Å². The third-order valence-electron chi connectivity index (χ3n) is 3.81. The Morgan fingerprint density at radius 1 is 1.14 bits per heavy atom. The second kappa shape index (κ2) is 6.41. The molecule has 4 nitrogen and oxygen atoms in total. The number of nitrogens with zero attached hydrogens (tertiary/aromatic N) is 3. The largest absolute Gasteiger partial charge is 0.341 e. The zero-order valence-electron chi connectivity index (χ0n) is 11.9. The Morgan fingerprint density at radius 2 is 1.86 bits per heavy atom. The lowest BCUT2D eigenvalue weighted by Crippen LogP contribution is -2.40. The molecule has 0 saturated carbocycles. The SMILES string of the molecule is NC1CCN(c2ncc(Cc3cccc(Cl)c3)cn2)CC1. The highest BCUT2D eigenvalue weighted by Crippen LogP contribution is 2.17. The van der Waals surface area contributed by atoms with Crippen molar-refractivity contribution in [2.75, 3.05) is 18.0 Å². The average Bonchev–Trinajstić information content (AvgIpc) is 2.49. The lowest BCUT2D eigenvalue weighted by atomic mass is 10.1. The molecule has 0 unspecified atom stereocenters. The Labute approximate surface area is 130 Å². The summed E-state index contributed by atoms with van der Waals surface area (Å²) in [6, 6.07) is 8.20. The Morgan fingerprint density at radius 3 is 2.52 bits per heavy atom. The van der Waals surface area contributed by atoms with Crippen LogP contribution in [0.4, 0.5) is 5.95 Å². The molecule has 2 N–H and O–H groups in total. The predicted octanol–water partition coefficient (Wildman–Crippen LogP) is 2.65. The Bertz CT molecular complexity index is 591. The Kier molecular flexibility index (Phi) is 4.36. The predicted molar refractivity (Wildman–Crippen MR) is 85.7 cm³/mol. The highest BCUT2D eigenvalue weighted by molar-refractivity contribution is 6.30. The zero-order valence-corrected chi connectivity index (χ0v) is 12.6. The quantitative estimate of drug-likeness (QED) is 0.947. The number of hydrogen-bond donors (Lipinski definition) is 1. The van der Waals surface area contributed by atoms with Crippen LogP contribution in [0.3, 0.4) is 0 Å². The summed E-state index contributed by atoms with van der Waals surface area (Å²) in [7, 11) is 0. The fourth-order valence-electron chi connectivity index (χ4n) is 2.58. The summed E-state index contributed by atoms with van der Waals surface area (Å²) in [4.78, 5) is 11.2. The molecule has 0 aliphatic carbocycles. The average molecular weight is 303 g/mol. The molecule has 5 heteroatoms. The number of halogens is 1. The van der Waals surface area contributed by atoms with Gasteiger partial charge in [-0.2, -0.15) is 0 Å². The molecule has 0 bridgehead atoms. The van der Waals surface area contributed by atoms with Gasteiger partial charge in [-0.15, -0.1) is 0 Å². The number of nitrogens with two attached hydrogens (primary N) is 1. The van der Waals surface area contributed by atoms with Gasteiger partial charge in [-0.3, -0.25) is 0 Å². The normalized spacial score (nSPS) is 16.2. The zero-order chi connectivity index (χ0) is 14.7. The lowest BCUT2D eigenvalue weighted by Gasteiger charge is -2.30. The summed E-state index contributed by atoms with van der Waals surface area (Å²) in [5, 5.41) is 0.759. The van der Waals surface area contributed by atoms with Gasteiger partial charge in [-0.1, -0.05) is 23.7 Å². The minimum absolute atomic E-state index is 0.323. The first-order valence-electron chi connectivity index (χ1n) is 7.26. The molecule has 1 fully saturated rings. The molecule has 2 aromatic rings. The number of rotatable bonds is 3. The first kappa shape index (κ1) is 14.3. The molecule has 1 aliphatic rings. The molecule has 0 spiro atoms. The van der Waals surface area contributed by atoms with Crippen LogP contribution >= 0.6 is 11.6 Å². The number of benzene rings is 1. The van der Waals surface area contributed by atoms with Crippen LogP contribution in [0.15, 0.2) is 36.7 Å². The fraction of sp³-hybridized carbons (Fsp3) is 0.375. The van der Waals surface area contributed by atoms with Crippen molar-refractivity contribution in [1.29, 1.82) is 0 Å². The lowest BCUT2D eigenvalue weighted by molar-refractivity contribution is 0.495. The van der Waals surface area contributed by atoms with Crippen LogP contribution in [0.5, 0.6) is 0 Å². The molecule has 21 heavy (non-hydrogen) atoms. The molecule has 110 valence electrons. The van der Waals surface area contributed by atoms with E-state index in [-0.39, 0.29) is 0 Å². The maximum absolute atomic E-state index is 6.00. The van der Waals surface area contributed by atoms with E-state index in [0.29, 0.717) is 6.04 Å². The van der Waals surface area contributed by atoms with Gasteiger partial charge in [0.1, 0.15) is 0 Å². The van der Waals surface area contributed by atoms with Crippen LogP contribution in [-0.4, -0.2) is 29.1 Å². The van der Waals surface area contributed by atoms with Crippen molar-refractivity contribution in [1.82, 2.24) is 9.97 Å². The van der Waals surface area contributed by atoms with Crippen molar-refractivity contribution in [3.05, 3.63) is 52.8 Å². The van der Waals surface area contributed by atoms with Crippen LogP contribution in [-0.2, 0) is 6.42 Å². The number of hydrogen-bond acceptors (Lipinski definition) is 4. The standard InChI is InChI=1S/C16H19ClN4/c17-14-3-1-2-12(9-14)8-13-10-19-16(20-11-13)21-6-4-15(18)5-7-21/h1-3,9-11,15H,4-8,18H2. The Hall–Kier alpha value is -1.65. The van der Waals surface area contributed by atoms with Gasteiger partial charge in [0.15, 0.2) is 0 Å². The molecule has 1 saturated heterocycles. The van der Waals surface area contributed by atoms with Crippen LogP contribution < -0.4 is 10.6 Å². The maximum Gasteiger partial charge on any atom is 0.225 e. The first-order chi connectivity index (χ1) is 10.2. The van der Waals surface area contributed by atoms with E-state index < -0.39 is 0 Å². The maximum atomic E-state index is 6.00. The molecule has 0 atom stereocenters. The van der Waals surface area contributed by atoms with E-state index in [0.717, 1.165) is 48.9 Å². The van der Waals surface area contributed by atoms with E-state index in [9.17, 15) is 0 Å². The smallest absolute Gasteiger partial charge is 0.225 e. The van der Waals surface area contributed by atoms with Gasteiger partial charge in [-0.25, -0.2) is 9.97 Å². The Balaban J connectivity index is 1.66. The summed E-state index contributed by atoms with van der Waals surface area (Å²) in [6.07, 6.45) is 6.61. The molecule has 2 heterocycles. The third kappa shape index (κ3) is 3.71. The topological polar surface area (TPSA) is 55.0 Å². The van der Waals surface area contributed by atoms with Crippen molar-refractivity contribution >= 4 is 17.5 Å². The monoisotopic (exact) mass is 302 g/mol. The van der Waals surface area contributed by atoms with Gasteiger partial charge < -0.3 is 10.6 Å². The molecule has 1 aliphatic heterocycles. The second-order valence-corrected chi connectivity index (χ2v) is 5.96. The van der Waals surface area contributed by atoms with Crippen LogP contribution in [0.1, 0.15) is 24.0 Å². The minimum Gasteiger partial charge on any atom is -0.341 e. The van der Waals surface area contributed by atoms with E-state index in [1.165, 1.54) is 5.56 Å². The van der Waals surface area contributed by atoms with Crippen molar-refractivity contribution in [3.8, 4) is 0 Å². The number of anilines is 1. The van der Waals surface area contributed by atoms with E-state index in [4.69, 9.17) is 17.3 Å². The molecule has 1 aromatic heterocycles. The molecular weight excluding hydrogens is 284 g/mol. The number of aromatic nitrogens is 2. The highest BCUT2D eigenvalue weighted by atomic mass is 35.5. The molecule has 3 rings (SSSR count). The van der Waals surface area contributed by atoms with Gasteiger partial charge in [-0.05, 0) is 36.1 Å². The molecule has 0 amide bonds. The van der Waals surface area contributed by atoms with Crippen molar-refractivity contribution in [2.24, 2.45) is 5.73 Å². The molecule has 1 aromatic carbocycles. The van der Waals surface area contributed by atoms with Crippen molar-refractivity contribution in [2.45, 2.75) is 25.3 Å².